The molecule has 2 aromatic rings. The average molecular weight is 267 g/mol. The molecule has 0 atom stereocenters. The van der Waals surface area contributed by atoms with Gasteiger partial charge in [0.25, 0.3) is 0 Å². The molecule has 1 aromatic carbocycles. The zero-order chi connectivity index (χ0) is 10.8. The summed E-state index contributed by atoms with van der Waals surface area (Å²) < 4.78 is 0.696. The third kappa shape index (κ3) is 2.04. The second-order valence-corrected chi connectivity index (χ2v) is 4.12. The van der Waals surface area contributed by atoms with E-state index in [1.54, 1.807) is 12.3 Å². The van der Waals surface area contributed by atoms with E-state index in [4.69, 9.17) is 0 Å². The van der Waals surface area contributed by atoms with E-state index in [1.807, 2.05) is 19.1 Å². The molecule has 0 aliphatic heterocycles. The van der Waals surface area contributed by atoms with Crippen LogP contribution in [0.5, 0.6) is 5.75 Å². The number of aromatic hydroxyl groups is 1. The zero-order valence-electron chi connectivity index (χ0n) is 8.29. The first-order valence-corrected chi connectivity index (χ1v) is 5.52. The largest absolute Gasteiger partial charge is 0.507 e. The lowest BCUT2D eigenvalue weighted by molar-refractivity contribution is 0.472. The predicted octanol–water partition coefficient (Wildman–Crippen LogP) is 3.11. The van der Waals surface area contributed by atoms with Crippen molar-refractivity contribution in [2.45, 2.75) is 13.3 Å². The van der Waals surface area contributed by atoms with Crippen molar-refractivity contribution in [2.75, 3.05) is 0 Å². The first-order chi connectivity index (χ1) is 7.20. The number of aromatic nitrogens is 2. The van der Waals surface area contributed by atoms with Gasteiger partial charge in [0, 0.05) is 12.0 Å². The molecule has 2 rings (SSSR count). The van der Waals surface area contributed by atoms with Crippen molar-refractivity contribution in [1.29, 1.82) is 0 Å². The van der Waals surface area contributed by atoms with Gasteiger partial charge in [0.15, 0.2) is 0 Å². The molecule has 15 heavy (non-hydrogen) atoms. The molecule has 0 bridgehead atoms. The molecule has 4 heteroatoms. The number of nitrogens with zero attached hydrogens (tertiary/aromatic N) is 1. The van der Waals surface area contributed by atoms with Gasteiger partial charge in [-0.15, -0.1) is 0 Å². The summed E-state index contributed by atoms with van der Waals surface area (Å²) in [5.41, 5.74) is 1.86. The Morgan fingerprint density at radius 2 is 2.27 bits per heavy atom. The summed E-state index contributed by atoms with van der Waals surface area (Å²) >= 11 is 3.24. The quantitative estimate of drug-likeness (QED) is 0.878. The van der Waals surface area contributed by atoms with Crippen LogP contribution in [0.3, 0.4) is 0 Å². The van der Waals surface area contributed by atoms with E-state index in [2.05, 4.69) is 25.9 Å². The van der Waals surface area contributed by atoms with E-state index in [1.165, 1.54) is 0 Å². The summed E-state index contributed by atoms with van der Waals surface area (Å²) in [4.78, 5) is 7.40. The van der Waals surface area contributed by atoms with Crippen LogP contribution in [0, 0.1) is 0 Å². The fourth-order valence-corrected chi connectivity index (χ4v) is 1.62. The predicted molar refractivity (Wildman–Crippen MR) is 62.8 cm³/mol. The van der Waals surface area contributed by atoms with E-state index < -0.39 is 0 Å². The van der Waals surface area contributed by atoms with Crippen molar-refractivity contribution in [3.63, 3.8) is 0 Å². The number of hydrogen-bond acceptors (Lipinski definition) is 2. The van der Waals surface area contributed by atoms with Crippen LogP contribution in [-0.2, 0) is 6.42 Å². The minimum absolute atomic E-state index is 0.236. The van der Waals surface area contributed by atoms with Crippen molar-refractivity contribution in [3.05, 3.63) is 34.7 Å². The molecule has 0 saturated heterocycles. The number of H-pyrrole nitrogens is 1. The Bertz CT molecular complexity index is 479. The first-order valence-electron chi connectivity index (χ1n) is 4.73. The second kappa shape index (κ2) is 4.06. The molecule has 0 radical (unpaired) electrons. The molecule has 3 nitrogen and oxygen atoms in total. The Morgan fingerprint density at radius 3 is 2.87 bits per heavy atom. The van der Waals surface area contributed by atoms with Crippen molar-refractivity contribution < 1.29 is 5.11 Å². The Labute approximate surface area is 96.3 Å². The summed E-state index contributed by atoms with van der Waals surface area (Å²) in [7, 11) is 0. The number of imidazole rings is 1. The molecule has 0 fully saturated rings. The van der Waals surface area contributed by atoms with Crippen LogP contribution < -0.4 is 0 Å². The lowest BCUT2D eigenvalue weighted by Crippen LogP contribution is -1.82. The van der Waals surface area contributed by atoms with Crippen LogP contribution in [0.1, 0.15) is 12.7 Å². The number of rotatable bonds is 2. The molecule has 1 heterocycles. The Hall–Kier alpha value is -1.29. The third-order valence-electron chi connectivity index (χ3n) is 2.22. The highest BCUT2D eigenvalue weighted by atomic mass is 79.9. The molecule has 0 unspecified atom stereocenters. The van der Waals surface area contributed by atoms with Crippen LogP contribution >= 0.6 is 15.9 Å². The minimum Gasteiger partial charge on any atom is -0.507 e. The van der Waals surface area contributed by atoms with Gasteiger partial charge in [-0.05, 0) is 28.1 Å². The number of halogens is 1. The molecule has 0 saturated carbocycles. The maximum absolute atomic E-state index is 9.54. The van der Waals surface area contributed by atoms with E-state index in [9.17, 15) is 5.11 Å². The highest BCUT2D eigenvalue weighted by molar-refractivity contribution is 9.10. The molecular formula is C11H11BrN2O. The zero-order valence-corrected chi connectivity index (χ0v) is 9.87. The van der Waals surface area contributed by atoms with Crippen LogP contribution in [0.25, 0.3) is 11.3 Å². The number of phenols is 1. The maximum atomic E-state index is 9.54. The topological polar surface area (TPSA) is 48.9 Å². The van der Waals surface area contributed by atoms with Gasteiger partial charge in [0.2, 0.25) is 0 Å². The Kier molecular flexibility index (Phi) is 2.77. The van der Waals surface area contributed by atoms with Gasteiger partial charge in [-0.25, -0.2) is 4.98 Å². The number of phenolic OH excluding ortho intramolecular Hbond substituents is 1. The summed E-state index contributed by atoms with van der Waals surface area (Å²) in [6, 6.07) is 5.45. The molecule has 78 valence electrons. The van der Waals surface area contributed by atoms with Gasteiger partial charge >= 0.3 is 0 Å². The maximum Gasteiger partial charge on any atom is 0.130 e. The molecule has 0 aliphatic carbocycles. The van der Waals surface area contributed by atoms with Crippen molar-refractivity contribution >= 4 is 15.9 Å². The number of benzene rings is 1. The highest BCUT2D eigenvalue weighted by Gasteiger charge is 2.04. The summed E-state index contributed by atoms with van der Waals surface area (Å²) in [5, 5.41) is 9.54. The Balaban J connectivity index is 2.40. The van der Waals surface area contributed by atoms with Gasteiger partial charge in [-0.1, -0.05) is 13.0 Å². The molecule has 0 aliphatic rings. The van der Waals surface area contributed by atoms with Gasteiger partial charge in [0.05, 0.1) is 16.4 Å². The fourth-order valence-electron chi connectivity index (χ4n) is 1.37. The number of aryl methyl sites for hydroxylation is 1. The fraction of sp³-hybridized carbons (Fsp3) is 0.182. The van der Waals surface area contributed by atoms with E-state index >= 15 is 0 Å². The number of hydrogen-bond donors (Lipinski definition) is 2. The van der Waals surface area contributed by atoms with E-state index in [0.717, 1.165) is 23.5 Å². The SMILES string of the molecule is CCc1ncc(-c2ccc(Br)c(O)c2)[nH]1. The summed E-state index contributed by atoms with van der Waals surface area (Å²) in [6.07, 6.45) is 2.66. The third-order valence-corrected chi connectivity index (χ3v) is 2.89. The van der Waals surface area contributed by atoms with E-state index in [0.29, 0.717) is 4.47 Å². The summed E-state index contributed by atoms with van der Waals surface area (Å²) in [6.45, 7) is 2.04. The Morgan fingerprint density at radius 1 is 1.47 bits per heavy atom. The van der Waals surface area contributed by atoms with Gasteiger partial charge in [-0.3, -0.25) is 0 Å². The van der Waals surface area contributed by atoms with Crippen LogP contribution in [-0.4, -0.2) is 15.1 Å². The highest BCUT2D eigenvalue weighted by Crippen LogP contribution is 2.28. The normalized spacial score (nSPS) is 10.5. The second-order valence-electron chi connectivity index (χ2n) is 3.26. The van der Waals surface area contributed by atoms with Gasteiger partial charge < -0.3 is 10.1 Å². The van der Waals surface area contributed by atoms with Gasteiger partial charge in [-0.2, -0.15) is 0 Å². The van der Waals surface area contributed by atoms with Crippen molar-refractivity contribution in [3.8, 4) is 17.0 Å². The lowest BCUT2D eigenvalue weighted by Gasteiger charge is -2.00. The van der Waals surface area contributed by atoms with Gasteiger partial charge in [0.1, 0.15) is 11.6 Å². The molecule has 1 aromatic heterocycles. The summed E-state index contributed by atoms with van der Waals surface area (Å²) in [5.74, 6) is 1.19. The monoisotopic (exact) mass is 266 g/mol. The smallest absolute Gasteiger partial charge is 0.130 e. The van der Waals surface area contributed by atoms with Crippen molar-refractivity contribution in [2.24, 2.45) is 0 Å². The van der Waals surface area contributed by atoms with E-state index in [-0.39, 0.29) is 5.75 Å². The average Bonchev–Trinajstić information content (AvgIpc) is 2.70. The van der Waals surface area contributed by atoms with Crippen LogP contribution in [0.2, 0.25) is 0 Å². The van der Waals surface area contributed by atoms with Crippen molar-refractivity contribution in [1.82, 2.24) is 9.97 Å². The molecule has 0 spiro atoms. The van der Waals surface area contributed by atoms with Crippen LogP contribution in [0.15, 0.2) is 28.9 Å². The standard InChI is InChI=1S/C11H11BrN2O/c1-2-11-13-6-9(14-11)7-3-4-8(12)10(15)5-7/h3-6,15H,2H2,1H3,(H,13,14). The molecule has 0 amide bonds. The minimum atomic E-state index is 0.236. The first kappa shape index (κ1) is 10.2. The number of aromatic amines is 1. The molecule has 2 N–H and O–H groups in total. The van der Waals surface area contributed by atoms with Crippen LogP contribution in [0.4, 0.5) is 0 Å². The molecular weight excluding hydrogens is 256 g/mol. The lowest BCUT2D eigenvalue weighted by atomic mass is 10.1. The number of nitrogens with one attached hydrogen (secondary N) is 1.